The Morgan fingerprint density at radius 2 is 2.00 bits per heavy atom. The Morgan fingerprint density at radius 1 is 1.23 bits per heavy atom. The molecule has 0 spiro atoms. The molecule has 7 nitrogen and oxygen atoms in total. The van der Waals surface area contributed by atoms with E-state index in [1.165, 1.54) is 16.9 Å². The SMILES string of the molecule is Cc1ccc(-n2nccn2)c(C(=O)N2CCCC2(C)c2nc3cc(Cl)c(F)cc3[nH]2)c1. The van der Waals surface area contributed by atoms with Crippen LogP contribution in [0.5, 0.6) is 0 Å². The van der Waals surface area contributed by atoms with Crippen molar-refractivity contribution in [2.45, 2.75) is 32.2 Å². The number of fused-ring (bicyclic) bond motifs is 1. The number of halogens is 2. The molecule has 1 unspecified atom stereocenters. The van der Waals surface area contributed by atoms with Crippen molar-refractivity contribution in [3.63, 3.8) is 0 Å². The zero-order chi connectivity index (χ0) is 21.8. The molecule has 1 fully saturated rings. The molecular weight excluding hydrogens is 419 g/mol. The van der Waals surface area contributed by atoms with E-state index in [2.05, 4.69) is 20.2 Å². The van der Waals surface area contributed by atoms with Gasteiger partial charge in [0.25, 0.3) is 5.91 Å². The van der Waals surface area contributed by atoms with Crippen LogP contribution < -0.4 is 0 Å². The molecule has 2 aromatic carbocycles. The molecule has 1 aliphatic heterocycles. The van der Waals surface area contributed by atoms with Gasteiger partial charge in [0.15, 0.2) is 0 Å². The van der Waals surface area contributed by atoms with Crippen molar-refractivity contribution >= 4 is 28.5 Å². The highest BCUT2D eigenvalue weighted by Crippen LogP contribution is 2.39. The number of aromatic amines is 1. The molecular formula is C22H20ClFN6O. The first-order valence-corrected chi connectivity index (χ1v) is 10.4. The normalized spacial score (nSPS) is 18.8. The number of hydrogen-bond donors (Lipinski definition) is 1. The zero-order valence-corrected chi connectivity index (χ0v) is 17.8. The maximum absolute atomic E-state index is 13.9. The van der Waals surface area contributed by atoms with Crippen LogP contribution in [0.3, 0.4) is 0 Å². The Kier molecular flexibility index (Phi) is 4.55. The molecule has 9 heteroatoms. The summed E-state index contributed by atoms with van der Waals surface area (Å²) in [5, 5.41) is 8.41. The van der Waals surface area contributed by atoms with E-state index in [1.807, 2.05) is 36.9 Å². The first-order chi connectivity index (χ1) is 14.9. The highest BCUT2D eigenvalue weighted by Gasteiger charge is 2.44. The fourth-order valence-corrected chi connectivity index (χ4v) is 4.43. The van der Waals surface area contributed by atoms with Gasteiger partial charge in [0.05, 0.1) is 45.2 Å². The van der Waals surface area contributed by atoms with Crippen molar-refractivity contribution in [2.24, 2.45) is 0 Å². The van der Waals surface area contributed by atoms with Crippen LogP contribution in [-0.2, 0) is 5.54 Å². The Labute approximate surface area is 182 Å². The second kappa shape index (κ2) is 7.16. The number of carbonyl (C=O) groups is 1. The van der Waals surface area contributed by atoms with Crippen molar-refractivity contribution in [3.05, 3.63) is 70.5 Å². The monoisotopic (exact) mass is 438 g/mol. The summed E-state index contributed by atoms with van der Waals surface area (Å²) in [5.74, 6) is -0.0212. The molecule has 5 rings (SSSR count). The minimum Gasteiger partial charge on any atom is -0.340 e. The summed E-state index contributed by atoms with van der Waals surface area (Å²) in [6.07, 6.45) is 4.71. The number of nitrogens with one attached hydrogen (secondary N) is 1. The molecule has 0 aliphatic carbocycles. The quantitative estimate of drug-likeness (QED) is 0.514. The van der Waals surface area contributed by atoms with Gasteiger partial charge in [-0.15, -0.1) is 0 Å². The molecule has 4 aromatic rings. The first-order valence-electron chi connectivity index (χ1n) is 10.0. The van der Waals surface area contributed by atoms with Crippen LogP contribution in [0.4, 0.5) is 4.39 Å². The third-order valence-electron chi connectivity index (χ3n) is 5.94. The van der Waals surface area contributed by atoms with E-state index in [-0.39, 0.29) is 10.9 Å². The lowest BCUT2D eigenvalue weighted by atomic mass is 9.96. The van der Waals surface area contributed by atoms with E-state index in [4.69, 9.17) is 11.6 Å². The van der Waals surface area contributed by atoms with Crippen LogP contribution in [0.15, 0.2) is 42.7 Å². The number of H-pyrrole nitrogens is 1. The number of amides is 1. The van der Waals surface area contributed by atoms with E-state index in [9.17, 15) is 9.18 Å². The van der Waals surface area contributed by atoms with E-state index < -0.39 is 11.4 Å². The number of carbonyl (C=O) groups excluding carboxylic acids is 1. The third kappa shape index (κ3) is 3.18. The summed E-state index contributed by atoms with van der Waals surface area (Å²) in [7, 11) is 0. The van der Waals surface area contributed by atoms with Gasteiger partial charge in [-0.3, -0.25) is 4.79 Å². The Balaban J connectivity index is 1.58. The largest absolute Gasteiger partial charge is 0.340 e. The molecule has 1 N–H and O–H groups in total. The van der Waals surface area contributed by atoms with Crippen molar-refractivity contribution in [1.29, 1.82) is 0 Å². The van der Waals surface area contributed by atoms with Gasteiger partial charge in [-0.25, -0.2) is 9.37 Å². The molecule has 31 heavy (non-hydrogen) atoms. The van der Waals surface area contributed by atoms with Crippen molar-refractivity contribution in [2.75, 3.05) is 6.54 Å². The van der Waals surface area contributed by atoms with Crippen LogP contribution >= 0.6 is 11.6 Å². The number of benzene rings is 2. The predicted molar refractivity (Wildman–Crippen MR) is 115 cm³/mol. The van der Waals surface area contributed by atoms with Gasteiger partial charge >= 0.3 is 0 Å². The minimum absolute atomic E-state index is 0.0196. The van der Waals surface area contributed by atoms with Gasteiger partial charge in [-0.1, -0.05) is 23.2 Å². The van der Waals surface area contributed by atoms with E-state index >= 15 is 0 Å². The summed E-state index contributed by atoms with van der Waals surface area (Å²) in [6.45, 7) is 4.51. The predicted octanol–water partition coefficient (Wildman–Crippen LogP) is 4.40. The molecule has 0 saturated carbocycles. The van der Waals surface area contributed by atoms with E-state index in [0.29, 0.717) is 34.7 Å². The summed E-state index contributed by atoms with van der Waals surface area (Å²) < 4.78 is 13.9. The summed E-state index contributed by atoms with van der Waals surface area (Å²) in [6, 6.07) is 8.46. The Bertz CT molecular complexity index is 1260. The molecule has 3 heterocycles. The second-order valence-corrected chi connectivity index (χ2v) is 8.45. The molecule has 1 atom stereocenters. The Morgan fingerprint density at radius 3 is 2.77 bits per heavy atom. The van der Waals surface area contributed by atoms with E-state index in [1.54, 1.807) is 12.4 Å². The second-order valence-electron chi connectivity index (χ2n) is 8.04. The topological polar surface area (TPSA) is 79.7 Å². The lowest BCUT2D eigenvalue weighted by molar-refractivity contribution is 0.0605. The van der Waals surface area contributed by atoms with Crippen LogP contribution in [0.1, 0.15) is 41.5 Å². The van der Waals surface area contributed by atoms with Gasteiger partial charge in [-0.2, -0.15) is 15.0 Å². The summed E-state index contributed by atoms with van der Waals surface area (Å²) >= 11 is 5.92. The van der Waals surface area contributed by atoms with Gasteiger partial charge in [0, 0.05) is 12.6 Å². The van der Waals surface area contributed by atoms with Crippen LogP contribution in [0.2, 0.25) is 5.02 Å². The van der Waals surface area contributed by atoms with Crippen LogP contribution in [0, 0.1) is 12.7 Å². The average Bonchev–Trinajstić information content (AvgIpc) is 3.48. The number of likely N-dealkylation sites (tertiary alicyclic amines) is 1. The number of rotatable bonds is 3. The number of hydrogen-bond acceptors (Lipinski definition) is 4. The van der Waals surface area contributed by atoms with Crippen LogP contribution in [-0.4, -0.2) is 42.3 Å². The molecule has 0 bridgehead atoms. The third-order valence-corrected chi connectivity index (χ3v) is 6.23. The fraction of sp³-hybridized carbons (Fsp3) is 0.273. The highest BCUT2D eigenvalue weighted by molar-refractivity contribution is 6.31. The molecule has 1 saturated heterocycles. The van der Waals surface area contributed by atoms with Crippen molar-refractivity contribution in [1.82, 2.24) is 29.9 Å². The lowest BCUT2D eigenvalue weighted by Gasteiger charge is -2.34. The lowest BCUT2D eigenvalue weighted by Crippen LogP contribution is -2.44. The first kappa shape index (κ1) is 19.7. The molecule has 1 amide bonds. The smallest absolute Gasteiger partial charge is 0.256 e. The summed E-state index contributed by atoms with van der Waals surface area (Å²) in [4.78, 5) is 24.9. The maximum atomic E-state index is 13.9. The molecule has 158 valence electrons. The maximum Gasteiger partial charge on any atom is 0.256 e. The number of aromatic nitrogens is 5. The van der Waals surface area contributed by atoms with Crippen molar-refractivity contribution in [3.8, 4) is 5.69 Å². The zero-order valence-electron chi connectivity index (χ0n) is 17.1. The summed E-state index contributed by atoms with van der Waals surface area (Å²) in [5.41, 5.74) is 2.56. The van der Waals surface area contributed by atoms with Crippen molar-refractivity contribution < 1.29 is 9.18 Å². The van der Waals surface area contributed by atoms with Gasteiger partial charge in [-0.05, 0) is 44.9 Å². The van der Waals surface area contributed by atoms with Crippen LogP contribution in [0.25, 0.3) is 16.7 Å². The number of nitrogens with zero attached hydrogens (tertiary/aromatic N) is 5. The standard InChI is InChI=1S/C22H20ClFN6O/c1-13-4-5-19(30-25-7-8-26-30)14(10-13)20(31)29-9-3-6-22(29,2)21-27-17-11-15(23)16(24)12-18(17)28-21/h4-5,7-8,10-12H,3,6,9H2,1-2H3,(H,27,28). The molecule has 2 aromatic heterocycles. The van der Waals surface area contributed by atoms with Gasteiger partial charge in [0.2, 0.25) is 0 Å². The number of aryl methyl sites for hydroxylation is 1. The van der Waals surface area contributed by atoms with Gasteiger partial charge in [0.1, 0.15) is 11.6 Å². The number of imidazole rings is 1. The van der Waals surface area contributed by atoms with Gasteiger partial charge < -0.3 is 9.88 Å². The molecule has 1 aliphatic rings. The average molecular weight is 439 g/mol. The highest BCUT2D eigenvalue weighted by atomic mass is 35.5. The van der Waals surface area contributed by atoms with E-state index in [0.717, 1.165) is 18.4 Å². The fourth-order valence-electron chi connectivity index (χ4n) is 4.28. The molecule has 0 radical (unpaired) electrons. The Hall–Kier alpha value is -3.26. The minimum atomic E-state index is -0.669.